The van der Waals surface area contributed by atoms with Crippen molar-refractivity contribution in [3.8, 4) is 0 Å². The van der Waals surface area contributed by atoms with E-state index in [1.165, 1.54) is 6.42 Å². The summed E-state index contributed by atoms with van der Waals surface area (Å²) in [5.74, 6) is 1.68. The fraction of sp³-hybridized carbons (Fsp3) is 0.692. The lowest BCUT2D eigenvalue weighted by molar-refractivity contribution is 0.128. The van der Waals surface area contributed by atoms with Crippen LogP contribution < -0.4 is 5.32 Å². The van der Waals surface area contributed by atoms with Gasteiger partial charge in [-0.05, 0) is 26.7 Å². The van der Waals surface area contributed by atoms with Crippen molar-refractivity contribution in [2.24, 2.45) is 0 Å². The minimum atomic E-state index is 0.495. The molecule has 0 saturated carbocycles. The quantitative estimate of drug-likeness (QED) is 0.755. The Hall–Kier alpha value is -1.16. The maximum absolute atomic E-state index is 5.36. The first-order valence-corrected chi connectivity index (χ1v) is 6.48. The molecule has 0 radical (unpaired) electrons. The van der Waals surface area contributed by atoms with E-state index in [0.29, 0.717) is 13.2 Å². The second kappa shape index (κ2) is 8.01. The van der Waals surface area contributed by atoms with Gasteiger partial charge in [0.05, 0.1) is 0 Å². The van der Waals surface area contributed by atoms with Crippen molar-refractivity contribution in [2.75, 3.05) is 18.5 Å². The van der Waals surface area contributed by atoms with Crippen LogP contribution in [0.2, 0.25) is 0 Å². The number of nitrogens with one attached hydrogen (secondary N) is 1. The number of hydrogen-bond donors (Lipinski definition) is 1. The van der Waals surface area contributed by atoms with Crippen LogP contribution in [0.4, 0.5) is 5.82 Å². The molecule has 0 bridgehead atoms. The number of aryl methyl sites for hydroxylation is 1. The number of ether oxygens (including phenoxy) is 1. The van der Waals surface area contributed by atoms with E-state index in [4.69, 9.17) is 4.74 Å². The number of nitrogens with zero attached hydrogens (tertiary/aromatic N) is 2. The Bertz CT molecular complexity index is 302. The SMILES string of the molecule is CCCCc1cc(NCC)nc(COCC)n1. The summed E-state index contributed by atoms with van der Waals surface area (Å²) in [5, 5.41) is 3.23. The third-order valence-electron chi connectivity index (χ3n) is 2.41. The lowest BCUT2D eigenvalue weighted by atomic mass is 10.2. The molecule has 1 aromatic rings. The topological polar surface area (TPSA) is 47.0 Å². The third kappa shape index (κ3) is 5.13. The van der Waals surface area contributed by atoms with Gasteiger partial charge in [-0.3, -0.25) is 0 Å². The number of unbranched alkanes of at least 4 members (excludes halogenated alkanes) is 1. The van der Waals surface area contributed by atoms with E-state index in [0.717, 1.165) is 36.7 Å². The Kier molecular flexibility index (Phi) is 6.55. The van der Waals surface area contributed by atoms with E-state index in [1.54, 1.807) is 0 Å². The first-order chi connectivity index (χ1) is 8.30. The van der Waals surface area contributed by atoms with Crippen molar-refractivity contribution in [3.05, 3.63) is 17.6 Å². The monoisotopic (exact) mass is 237 g/mol. The average molecular weight is 237 g/mol. The summed E-state index contributed by atoms with van der Waals surface area (Å²) < 4.78 is 5.36. The van der Waals surface area contributed by atoms with Crippen molar-refractivity contribution in [2.45, 2.75) is 46.6 Å². The molecule has 0 aliphatic heterocycles. The van der Waals surface area contributed by atoms with Gasteiger partial charge in [0.15, 0.2) is 5.82 Å². The van der Waals surface area contributed by atoms with E-state index in [9.17, 15) is 0 Å². The van der Waals surface area contributed by atoms with Gasteiger partial charge in [-0.15, -0.1) is 0 Å². The second-order valence-electron chi connectivity index (χ2n) is 3.93. The van der Waals surface area contributed by atoms with Crippen LogP contribution in [0.3, 0.4) is 0 Å². The van der Waals surface area contributed by atoms with Crippen LogP contribution >= 0.6 is 0 Å². The highest BCUT2D eigenvalue weighted by Gasteiger charge is 2.04. The Labute approximate surface area is 104 Å². The van der Waals surface area contributed by atoms with E-state index >= 15 is 0 Å². The summed E-state index contributed by atoms with van der Waals surface area (Å²) in [6.07, 6.45) is 3.36. The van der Waals surface area contributed by atoms with Crippen LogP contribution in [0.25, 0.3) is 0 Å². The number of hydrogen-bond acceptors (Lipinski definition) is 4. The maximum atomic E-state index is 5.36. The van der Waals surface area contributed by atoms with E-state index < -0.39 is 0 Å². The standard InChI is InChI=1S/C13H23N3O/c1-4-7-8-11-9-12(14-5-2)16-13(15-11)10-17-6-3/h9H,4-8,10H2,1-3H3,(H,14,15,16). The van der Waals surface area contributed by atoms with Crippen molar-refractivity contribution in [3.63, 3.8) is 0 Å². The van der Waals surface area contributed by atoms with Gasteiger partial charge in [-0.1, -0.05) is 13.3 Å². The molecule has 17 heavy (non-hydrogen) atoms. The van der Waals surface area contributed by atoms with E-state index in [1.807, 2.05) is 13.0 Å². The summed E-state index contributed by atoms with van der Waals surface area (Å²) in [5.41, 5.74) is 1.10. The van der Waals surface area contributed by atoms with Crippen molar-refractivity contribution in [1.82, 2.24) is 9.97 Å². The van der Waals surface area contributed by atoms with E-state index in [-0.39, 0.29) is 0 Å². The number of anilines is 1. The van der Waals surface area contributed by atoms with Crippen LogP contribution in [-0.2, 0) is 17.8 Å². The summed E-state index contributed by atoms with van der Waals surface area (Å²) in [4.78, 5) is 8.94. The van der Waals surface area contributed by atoms with Crippen molar-refractivity contribution in [1.29, 1.82) is 0 Å². The predicted octanol–water partition coefficient (Wildman–Crippen LogP) is 2.79. The maximum Gasteiger partial charge on any atom is 0.156 e. The van der Waals surface area contributed by atoms with Gasteiger partial charge in [0, 0.05) is 24.9 Å². The first-order valence-electron chi connectivity index (χ1n) is 6.48. The van der Waals surface area contributed by atoms with Gasteiger partial charge < -0.3 is 10.1 Å². The molecule has 0 fully saturated rings. The average Bonchev–Trinajstić information content (AvgIpc) is 2.34. The Morgan fingerprint density at radius 3 is 2.71 bits per heavy atom. The Morgan fingerprint density at radius 2 is 2.06 bits per heavy atom. The molecule has 0 atom stereocenters. The zero-order chi connectivity index (χ0) is 12.5. The van der Waals surface area contributed by atoms with Crippen LogP contribution in [-0.4, -0.2) is 23.1 Å². The van der Waals surface area contributed by atoms with Crippen molar-refractivity contribution >= 4 is 5.82 Å². The number of aromatic nitrogens is 2. The molecule has 1 rings (SSSR count). The Morgan fingerprint density at radius 1 is 1.24 bits per heavy atom. The molecule has 0 amide bonds. The van der Waals surface area contributed by atoms with Crippen LogP contribution in [0, 0.1) is 0 Å². The predicted molar refractivity (Wildman–Crippen MR) is 70.1 cm³/mol. The summed E-state index contributed by atoms with van der Waals surface area (Å²) in [6, 6.07) is 2.04. The summed E-state index contributed by atoms with van der Waals surface area (Å²) >= 11 is 0. The lowest BCUT2D eigenvalue weighted by Gasteiger charge is -2.08. The molecule has 0 aliphatic carbocycles. The fourth-order valence-electron chi connectivity index (χ4n) is 1.57. The normalized spacial score (nSPS) is 10.5. The number of rotatable bonds is 8. The fourth-order valence-corrected chi connectivity index (χ4v) is 1.57. The van der Waals surface area contributed by atoms with Gasteiger partial charge in [0.25, 0.3) is 0 Å². The van der Waals surface area contributed by atoms with E-state index in [2.05, 4.69) is 29.1 Å². The highest BCUT2D eigenvalue weighted by molar-refractivity contribution is 5.35. The molecule has 1 N–H and O–H groups in total. The van der Waals surface area contributed by atoms with Crippen molar-refractivity contribution < 1.29 is 4.74 Å². The van der Waals surface area contributed by atoms with Crippen LogP contribution in [0.15, 0.2) is 6.07 Å². The molecular weight excluding hydrogens is 214 g/mol. The zero-order valence-corrected chi connectivity index (χ0v) is 11.1. The second-order valence-corrected chi connectivity index (χ2v) is 3.93. The third-order valence-corrected chi connectivity index (χ3v) is 2.41. The molecule has 1 heterocycles. The summed E-state index contributed by atoms with van der Waals surface area (Å²) in [7, 11) is 0. The first kappa shape index (κ1) is 13.9. The largest absolute Gasteiger partial charge is 0.374 e. The summed E-state index contributed by atoms with van der Waals surface area (Å²) in [6.45, 7) is 8.29. The van der Waals surface area contributed by atoms with Crippen LogP contribution in [0.5, 0.6) is 0 Å². The smallest absolute Gasteiger partial charge is 0.156 e. The molecule has 0 spiro atoms. The molecular formula is C13H23N3O. The Balaban J connectivity index is 2.76. The molecule has 96 valence electrons. The highest BCUT2D eigenvalue weighted by Crippen LogP contribution is 2.10. The molecule has 4 nitrogen and oxygen atoms in total. The molecule has 0 saturated heterocycles. The van der Waals surface area contributed by atoms with Gasteiger partial charge >= 0.3 is 0 Å². The minimum Gasteiger partial charge on any atom is -0.374 e. The van der Waals surface area contributed by atoms with Gasteiger partial charge in [0.1, 0.15) is 12.4 Å². The molecule has 4 heteroatoms. The van der Waals surface area contributed by atoms with Gasteiger partial charge in [0.2, 0.25) is 0 Å². The lowest BCUT2D eigenvalue weighted by Crippen LogP contribution is -2.07. The highest BCUT2D eigenvalue weighted by atomic mass is 16.5. The zero-order valence-electron chi connectivity index (χ0n) is 11.1. The van der Waals surface area contributed by atoms with Gasteiger partial charge in [-0.25, -0.2) is 9.97 Å². The van der Waals surface area contributed by atoms with Crippen LogP contribution in [0.1, 0.15) is 45.1 Å². The molecule has 0 aromatic carbocycles. The molecule has 1 aromatic heterocycles. The van der Waals surface area contributed by atoms with Gasteiger partial charge in [-0.2, -0.15) is 0 Å². The minimum absolute atomic E-state index is 0.495. The molecule has 0 unspecified atom stereocenters. The molecule has 0 aliphatic rings.